The van der Waals surface area contributed by atoms with Crippen LogP contribution in [-0.4, -0.2) is 0 Å². The van der Waals surface area contributed by atoms with E-state index in [-0.39, 0.29) is 70.6 Å². The van der Waals surface area contributed by atoms with E-state index < -0.39 is 0 Å². The van der Waals surface area contributed by atoms with E-state index in [0.717, 1.165) is 0 Å². The van der Waals surface area contributed by atoms with Crippen LogP contribution in [0.4, 0.5) is 0 Å². The van der Waals surface area contributed by atoms with Crippen LogP contribution in [0.15, 0.2) is 0 Å². The molecule has 0 saturated heterocycles. The molecule has 1 nitrogen and oxygen atoms in total. The van der Waals surface area contributed by atoms with Gasteiger partial charge in [-0.25, -0.2) is 0 Å². The molecule has 0 amide bonds. The van der Waals surface area contributed by atoms with Crippen LogP contribution in [0, 0.1) is 0 Å². The van der Waals surface area contributed by atoms with E-state index in [1.165, 1.54) is 0 Å². The van der Waals surface area contributed by atoms with Gasteiger partial charge in [0.15, 0.2) is 0 Å². The molecule has 0 aliphatic heterocycles. The molecule has 0 saturated carbocycles. The first-order valence-electron chi connectivity index (χ1n) is 0.144. The zero-order chi connectivity index (χ0) is 2.00. The fourth-order valence-electron chi connectivity index (χ4n) is 0. The minimum atomic E-state index is 0. The predicted molar refractivity (Wildman–Crippen MR) is 1.80 cm³/mol. The third-order valence-corrected chi connectivity index (χ3v) is 0. The van der Waals surface area contributed by atoms with Crippen molar-refractivity contribution in [3.05, 3.63) is 0 Å². The Labute approximate surface area is 89.4 Å². The van der Waals surface area contributed by atoms with E-state index >= 15 is 0 Å². The van der Waals surface area contributed by atoms with Crippen molar-refractivity contribution in [1.82, 2.24) is 0 Å². The molecule has 6 heteroatoms. The quantitative estimate of drug-likeness (QED) is 0.420. The van der Waals surface area contributed by atoms with Crippen molar-refractivity contribution < 1.29 is 90.4 Å². The van der Waals surface area contributed by atoms with Gasteiger partial charge in [-0.1, -0.05) is 0 Å². The molecule has 42 valence electrons. The molecule has 0 aromatic heterocycles. The Morgan fingerprint density at radius 1 is 1.33 bits per heavy atom. The average molecular weight is 252 g/mol. The van der Waals surface area contributed by atoms with Crippen molar-refractivity contribution in [2.75, 3.05) is 0 Å². The zero-order valence-corrected chi connectivity index (χ0v) is 7.10. The van der Waals surface area contributed by atoms with Crippen LogP contribution in [-0.2, 0) is 70.1 Å². The Balaban J connectivity index is -0.000000000500. The van der Waals surface area contributed by atoms with Gasteiger partial charge in [0.1, 0.15) is 0 Å². The van der Waals surface area contributed by atoms with E-state index in [1.54, 1.807) is 0 Å². The summed E-state index contributed by atoms with van der Waals surface area (Å²) in [6.45, 7) is 0. The van der Waals surface area contributed by atoms with Gasteiger partial charge in [0, 0.05) is 50.3 Å². The Hall–Kier alpha value is 2.44. The Bertz CT molecular complexity index is 19.7. The summed E-state index contributed by atoms with van der Waals surface area (Å²) in [6.07, 6.45) is 0. The molecule has 0 unspecified atom stereocenters. The molecule has 0 bridgehead atoms. The number of rotatable bonds is 0. The predicted octanol–water partition coefficient (Wildman–Crippen LogP) is -3.01. The van der Waals surface area contributed by atoms with Gasteiger partial charge in [0.25, 0.3) is 0 Å². The summed E-state index contributed by atoms with van der Waals surface area (Å²) in [5.74, 6) is 0. The SMILES string of the molecule is [Co].[H-].[Li+].[Mn].[Ni].[O]=[Fe]. The second kappa shape index (κ2) is 51.9. The Morgan fingerprint density at radius 2 is 1.33 bits per heavy atom. The first-order chi connectivity index (χ1) is 1.00. The van der Waals surface area contributed by atoms with Crippen LogP contribution in [0.3, 0.4) is 0 Å². The molecule has 2 radical (unpaired) electrons. The topological polar surface area (TPSA) is 17.1 Å². The summed E-state index contributed by atoms with van der Waals surface area (Å²) in [6, 6.07) is 0. The molecule has 0 fully saturated rings. The molecule has 0 heterocycles. The van der Waals surface area contributed by atoms with Crippen LogP contribution in [0.1, 0.15) is 1.43 Å². The third kappa shape index (κ3) is 32.0. The van der Waals surface area contributed by atoms with Crippen molar-refractivity contribution in [3.8, 4) is 0 Å². The maximum atomic E-state index is 8.00. The minimum absolute atomic E-state index is 0. The van der Waals surface area contributed by atoms with Crippen molar-refractivity contribution in [1.29, 1.82) is 0 Å². The van der Waals surface area contributed by atoms with Crippen LogP contribution in [0.2, 0.25) is 0 Å². The normalized spacial score (nSPS) is 0.833. The first-order valence-corrected chi connectivity index (χ1v) is 0.595. The van der Waals surface area contributed by atoms with Crippen molar-refractivity contribution in [3.63, 3.8) is 0 Å². The molecule has 0 aromatic carbocycles. The van der Waals surface area contributed by atoms with E-state index in [1.807, 2.05) is 15.9 Å². The second-order valence-corrected chi connectivity index (χ2v) is 0. The Kier molecular flexibility index (Phi) is 342. The van der Waals surface area contributed by atoms with Gasteiger partial charge in [-0.05, 0) is 0 Å². The van der Waals surface area contributed by atoms with Crippen LogP contribution in [0.5, 0.6) is 0 Å². The van der Waals surface area contributed by atoms with E-state index in [2.05, 4.69) is 0 Å². The van der Waals surface area contributed by atoms with Crippen molar-refractivity contribution in [2.45, 2.75) is 0 Å². The molecule has 0 spiro atoms. The van der Waals surface area contributed by atoms with Crippen LogP contribution >= 0.6 is 0 Å². The fraction of sp³-hybridized carbons (Fsp3) is 0. The second-order valence-electron chi connectivity index (χ2n) is 0. The van der Waals surface area contributed by atoms with Gasteiger partial charge in [-0.15, -0.1) is 0 Å². The van der Waals surface area contributed by atoms with Crippen LogP contribution < -0.4 is 18.9 Å². The molecule has 0 atom stereocenters. The van der Waals surface area contributed by atoms with Crippen molar-refractivity contribution >= 4 is 0 Å². The summed E-state index contributed by atoms with van der Waals surface area (Å²) >= 11 is 2.00. The molecule has 6 heavy (non-hydrogen) atoms. The molecule has 0 aliphatic carbocycles. The first kappa shape index (κ1) is 39.5. The molecule has 0 rings (SSSR count). The van der Waals surface area contributed by atoms with E-state index in [0.29, 0.717) is 0 Å². The van der Waals surface area contributed by atoms with Gasteiger partial charge >= 0.3 is 38.6 Å². The van der Waals surface area contributed by atoms with Gasteiger partial charge in [-0.3, -0.25) is 0 Å². The molecular weight excluding hydrogens is 251 g/mol. The summed E-state index contributed by atoms with van der Waals surface area (Å²) < 4.78 is 8.00. The molecule has 0 aromatic rings. The number of hydrogen-bond acceptors (Lipinski definition) is 1. The van der Waals surface area contributed by atoms with Crippen molar-refractivity contribution in [2.24, 2.45) is 0 Å². The molecule has 0 aliphatic rings. The van der Waals surface area contributed by atoms with Gasteiger partial charge in [0.05, 0.1) is 0 Å². The summed E-state index contributed by atoms with van der Waals surface area (Å²) in [7, 11) is 0. The third-order valence-electron chi connectivity index (χ3n) is 0. The summed E-state index contributed by atoms with van der Waals surface area (Å²) in [5, 5.41) is 0. The Morgan fingerprint density at radius 3 is 1.33 bits per heavy atom. The van der Waals surface area contributed by atoms with Gasteiger partial charge in [-0.2, -0.15) is 0 Å². The molecule has 0 N–H and O–H groups in total. The molecular formula is HCoFeLiMnNiO. The standard InChI is InChI=1S/Co.Fe.Li.Mn.Ni.O.H/q;;+1;;;;-1. The summed E-state index contributed by atoms with van der Waals surface area (Å²) in [4.78, 5) is 0. The number of hydrogen-bond donors (Lipinski definition) is 0. The van der Waals surface area contributed by atoms with E-state index in [9.17, 15) is 0 Å². The van der Waals surface area contributed by atoms with Gasteiger partial charge < -0.3 is 1.43 Å². The fourth-order valence-corrected chi connectivity index (χ4v) is 0. The van der Waals surface area contributed by atoms with E-state index in [4.69, 9.17) is 3.83 Å². The zero-order valence-electron chi connectivity index (χ0n) is 3.79. The maximum absolute atomic E-state index is 8.00. The summed E-state index contributed by atoms with van der Waals surface area (Å²) in [5.41, 5.74) is 0. The van der Waals surface area contributed by atoms with Gasteiger partial charge in [0.2, 0.25) is 0 Å². The monoisotopic (exact) mass is 252 g/mol. The van der Waals surface area contributed by atoms with Crippen LogP contribution in [0.25, 0.3) is 0 Å². The average Bonchev–Trinajstić information content (AvgIpc) is 1.00.